The maximum absolute atomic E-state index is 3.45. The second-order valence-corrected chi connectivity index (χ2v) is 3.80. The second-order valence-electron chi connectivity index (χ2n) is 3.80. The van der Waals surface area contributed by atoms with Crippen LogP contribution >= 0.6 is 0 Å². The van der Waals surface area contributed by atoms with E-state index in [-0.39, 0.29) is 0 Å². The van der Waals surface area contributed by atoms with Gasteiger partial charge in [-0.15, -0.1) is 0 Å². The zero-order valence-corrected chi connectivity index (χ0v) is 7.05. The van der Waals surface area contributed by atoms with E-state index in [9.17, 15) is 0 Å². The average molecular weight is 151 g/mol. The lowest BCUT2D eigenvalue weighted by atomic mass is 9.82. The highest BCUT2D eigenvalue weighted by Crippen LogP contribution is 2.29. The molecule has 0 aromatic heterocycles. The smallest absolute Gasteiger partial charge is 0.00173 e. The molecule has 2 rings (SSSR count). The first-order chi connectivity index (χ1) is 5.47. The quantitative estimate of drug-likeness (QED) is 0.565. The van der Waals surface area contributed by atoms with Crippen LogP contribution in [-0.2, 0) is 0 Å². The van der Waals surface area contributed by atoms with Crippen molar-refractivity contribution in [1.82, 2.24) is 5.32 Å². The summed E-state index contributed by atoms with van der Waals surface area (Å²) in [5, 5.41) is 3.45. The number of nitrogens with one attached hydrogen (secondary N) is 1. The van der Waals surface area contributed by atoms with E-state index in [1.54, 1.807) is 0 Å². The molecule has 0 amide bonds. The number of allylic oxidation sites excluding steroid dienone is 2. The Morgan fingerprint density at radius 3 is 2.73 bits per heavy atom. The molecular weight excluding hydrogens is 134 g/mol. The van der Waals surface area contributed by atoms with Crippen LogP contribution in [0.5, 0.6) is 0 Å². The molecule has 1 nitrogen and oxygen atoms in total. The molecule has 1 heteroatoms. The maximum Gasteiger partial charge on any atom is -0.00173 e. The van der Waals surface area contributed by atoms with Crippen molar-refractivity contribution in [3.05, 3.63) is 12.2 Å². The van der Waals surface area contributed by atoms with Crippen molar-refractivity contribution in [3.63, 3.8) is 0 Å². The lowest BCUT2D eigenvalue weighted by Crippen LogP contribution is -2.18. The van der Waals surface area contributed by atoms with Crippen LogP contribution in [0.4, 0.5) is 0 Å². The van der Waals surface area contributed by atoms with Crippen molar-refractivity contribution in [2.24, 2.45) is 11.8 Å². The SMILES string of the molecule is C1=CCC(C2CCNC2)CC1. The van der Waals surface area contributed by atoms with Gasteiger partial charge in [-0.05, 0) is 50.6 Å². The Labute approximate surface area is 68.9 Å². The third kappa shape index (κ3) is 1.64. The van der Waals surface area contributed by atoms with E-state index in [2.05, 4.69) is 17.5 Å². The molecule has 2 atom stereocenters. The van der Waals surface area contributed by atoms with Crippen molar-refractivity contribution in [1.29, 1.82) is 0 Å². The van der Waals surface area contributed by atoms with E-state index >= 15 is 0 Å². The van der Waals surface area contributed by atoms with Crippen molar-refractivity contribution >= 4 is 0 Å². The summed E-state index contributed by atoms with van der Waals surface area (Å²) < 4.78 is 0. The first kappa shape index (κ1) is 7.35. The predicted molar refractivity (Wildman–Crippen MR) is 47.5 cm³/mol. The Morgan fingerprint density at radius 2 is 2.09 bits per heavy atom. The number of hydrogen-bond donors (Lipinski definition) is 1. The zero-order chi connectivity index (χ0) is 7.52. The van der Waals surface area contributed by atoms with Crippen molar-refractivity contribution in [3.8, 4) is 0 Å². The molecule has 1 aliphatic carbocycles. The molecule has 1 N–H and O–H groups in total. The van der Waals surface area contributed by atoms with Gasteiger partial charge in [-0.1, -0.05) is 12.2 Å². The van der Waals surface area contributed by atoms with Crippen LogP contribution in [0.25, 0.3) is 0 Å². The van der Waals surface area contributed by atoms with Crippen LogP contribution < -0.4 is 5.32 Å². The van der Waals surface area contributed by atoms with Crippen LogP contribution in [0.2, 0.25) is 0 Å². The third-order valence-electron chi connectivity index (χ3n) is 3.07. The summed E-state index contributed by atoms with van der Waals surface area (Å²) in [5.41, 5.74) is 0. The molecule has 2 aliphatic rings. The van der Waals surface area contributed by atoms with E-state index in [4.69, 9.17) is 0 Å². The first-order valence-corrected chi connectivity index (χ1v) is 4.82. The molecule has 11 heavy (non-hydrogen) atoms. The summed E-state index contributed by atoms with van der Waals surface area (Å²) in [5.74, 6) is 1.98. The van der Waals surface area contributed by atoms with E-state index in [0.29, 0.717) is 0 Å². The number of hydrogen-bond acceptors (Lipinski definition) is 1. The molecule has 1 fully saturated rings. The molecule has 1 aliphatic heterocycles. The molecular formula is C10H17N. The number of rotatable bonds is 1. The highest BCUT2D eigenvalue weighted by atomic mass is 14.9. The maximum atomic E-state index is 3.45. The topological polar surface area (TPSA) is 12.0 Å². The third-order valence-corrected chi connectivity index (χ3v) is 3.07. The molecule has 0 aromatic carbocycles. The van der Waals surface area contributed by atoms with Gasteiger partial charge in [0.15, 0.2) is 0 Å². The van der Waals surface area contributed by atoms with Crippen LogP contribution in [0, 0.1) is 11.8 Å². The molecule has 0 radical (unpaired) electrons. The highest BCUT2D eigenvalue weighted by molar-refractivity contribution is 4.93. The normalized spacial score (nSPS) is 37.8. The van der Waals surface area contributed by atoms with Gasteiger partial charge in [-0.25, -0.2) is 0 Å². The van der Waals surface area contributed by atoms with Crippen molar-refractivity contribution in [2.75, 3.05) is 13.1 Å². The minimum absolute atomic E-state index is 0.986. The van der Waals surface area contributed by atoms with Gasteiger partial charge in [-0.3, -0.25) is 0 Å². The minimum atomic E-state index is 0.986. The molecule has 2 unspecified atom stereocenters. The molecule has 0 bridgehead atoms. The Balaban J connectivity index is 1.88. The van der Waals surface area contributed by atoms with Crippen molar-refractivity contribution in [2.45, 2.75) is 25.7 Å². The first-order valence-electron chi connectivity index (χ1n) is 4.82. The average Bonchev–Trinajstić information content (AvgIpc) is 2.58. The molecule has 62 valence electrons. The highest BCUT2D eigenvalue weighted by Gasteiger charge is 2.24. The van der Waals surface area contributed by atoms with Gasteiger partial charge >= 0.3 is 0 Å². The monoisotopic (exact) mass is 151 g/mol. The van der Waals surface area contributed by atoms with Gasteiger partial charge in [0.25, 0.3) is 0 Å². The molecule has 1 saturated heterocycles. The van der Waals surface area contributed by atoms with E-state index in [0.717, 1.165) is 11.8 Å². The van der Waals surface area contributed by atoms with Gasteiger partial charge < -0.3 is 5.32 Å². The van der Waals surface area contributed by atoms with Gasteiger partial charge in [0.2, 0.25) is 0 Å². The zero-order valence-electron chi connectivity index (χ0n) is 7.05. The van der Waals surface area contributed by atoms with E-state index in [1.165, 1.54) is 38.8 Å². The van der Waals surface area contributed by atoms with E-state index < -0.39 is 0 Å². The van der Waals surface area contributed by atoms with E-state index in [1.807, 2.05) is 0 Å². The summed E-state index contributed by atoms with van der Waals surface area (Å²) in [6, 6.07) is 0. The molecule has 1 heterocycles. The van der Waals surface area contributed by atoms with Gasteiger partial charge in [-0.2, -0.15) is 0 Å². The van der Waals surface area contributed by atoms with Crippen LogP contribution in [-0.4, -0.2) is 13.1 Å². The lowest BCUT2D eigenvalue weighted by Gasteiger charge is -2.23. The fourth-order valence-corrected chi connectivity index (χ4v) is 2.32. The Bertz CT molecular complexity index is 145. The molecule has 0 aromatic rings. The summed E-state index contributed by atoms with van der Waals surface area (Å²) >= 11 is 0. The summed E-state index contributed by atoms with van der Waals surface area (Å²) in [6.45, 7) is 2.53. The Morgan fingerprint density at radius 1 is 1.09 bits per heavy atom. The van der Waals surface area contributed by atoms with Crippen LogP contribution in [0.1, 0.15) is 25.7 Å². The van der Waals surface area contributed by atoms with Gasteiger partial charge in [0.1, 0.15) is 0 Å². The summed E-state index contributed by atoms with van der Waals surface area (Å²) in [7, 11) is 0. The summed E-state index contributed by atoms with van der Waals surface area (Å²) in [6.07, 6.45) is 10.2. The standard InChI is InChI=1S/C10H17N/c1-2-4-9(5-3-1)10-6-7-11-8-10/h1-2,9-11H,3-8H2. The van der Waals surface area contributed by atoms with Gasteiger partial charge in [0.05, 0.1) is 0 Å². The van der Waals surface area contributed by atoms with Crippen molar-refractivity contribution < 1.29 is 0 Å². The van der Waals surface area contributed by atoms with Gasteiger partial charge in [0, 0.05) is 0 Å². The summed E-state index contributed by atoms with van der Waals surface area (Å²) in [4.78, 5) is 0. The Kier molecular flexibility index (Phi) is 2.27. The second kappa shape index (κ2) is 3.40. The molecule has 0 spiro atoms. The fraction of sp³-hybridized carbons (Fsp3) is 0.800. The Hall–Kier alpha value is -0.300. The predicted octanol–water partition coefficient (Wildman–Crippen LogP) is 1.95. The molecule has 0 saturated carbocycles. The van der Waals surface area contributed by atoms with Crippen LogP contribution in [0.3, 0.4) is 0 Å². The lowest BCUT2D eigenvalue weighted by molar-refractivity contribution is 0.331. The fourth-order valence-electron chi connectivity index (χ4n) is 2.32. The van der Waals surface area contributed by atoms with Crippen LogP contribution in [0.15, 0.2) is 12.2 Å². The minimum Gasteiger partial charge on any atom is -0.316 e. The largest absolute Gasteiger partial charge is 0.316 e.